The second-order valence-corrected chi connectivity index (χ2v) is 12.4. The molecular weight excluding hydrogens is 500 g/mol. The van der Waals surface area contributed by atoms with Gasteiger partial charge in [0, 0.05) is 36.6 Å². The molecular formula is C30H40N2O5S. The van der Waals surface area contributed by atoms with E-state index in [1.165, 1.54) is 47.4 Å². The SMILES string of the molecule is CC(C)OC(=O)c1csc([C@H]2CC[C@@H]3[C@@H](CNc4ccc5c(c4)CCC5)[C@H](OC4CCCCO4)C[C@@H]3O2)n1. The summed E-state index contributed by atoms with van der Waals surface area (Å²) >= 11 is 1.49. The highest BCUT2D eigenvalue weighted by Gasteiger charge is 2.48. The van der Waals surface area contributed by atoms with E-state index >= 15 is 0 Å². The van der Waals surface area contributed by atoms with Crippen LogP contribution in [0.1, 0.15) is 91.5 Å². The summed E-state index contributed by atoms with van der Waals surface area (Å²) in [5.74, 6) is 0.412. The number of aromatic nitrogens is 1. The molecule has 4 aliphatic rings. The quantitative estimate of drug-likeness (QED) is 0.407. The number of fused-ring (bicyclic) bond motifs is 2. The zero-order chi connectivity index (χ0) is 26.1. The number of anilines is 1. The van der Waals surface area contributed by atoms with Crippen LogP contribution in [0, 0.1) is 11.8 Å². The topological polar surface area (TPSA) is 78.9 Å². The lowest BCUT2D eigenvalue weighted by molar-refractivity contribution is -0.195. The molecule has 8 heteroatoms. The van der Waals surface area contributed by atoms with Gasteiger partial charge in [0.25, 0.3) is 0 Å². The number of benzene rings is 1. The number of esters is 1. The Morgan fingerprint density at radius 3 is 2.89 bits per heavy atom. The Balaban J connectivity index is 1.13. The van der Waals surface area contributed by atoms with Crippen molar-refractivity contribution < 1.29 is 23.7 Å². The lowest BCUT2D eigenvalue weighted by atomic mass is 9.86. The van der Waals surface area contributed by atoms with Crippen LogP contribution in [0.25, 0.3) is 0 Å². The molecule has 2 aromatic rings. The van der Waals surface area contributed by atoms with Crippen LogP contribution < -0.4 is 5.32 Å². The van der Waals surface area contributed by atoms with Crippen molar-refractivity contribution in [1.29, 1.82) is 0 Å². The van der Waals surface area contributed by atoms with Crippen LogP contribution in [-0.4, -0.2) is 48.7 Å². The Labute approximate surface area is 229 Å². The summed E-state index contributed by atoms with van der Waals surface area (Å²) in [4.78, 5) is 16.9. The van der Waals surface area contributed by atoms with Crippen molar-refractivity contribution in [2.24, 2.45) is 11.8 Å². The summed E-state index contributed by atoms with van der Waals surface area (Å²) in [6.07, 6.45) is 9.58. The van der Waals surface area contributed by atoms with Crippen molar-refractivity contribution in [2.75, 3.05) is 18.5 Å². The summed E-state index contributed by atoms with van der Waals surface area (Å²) in [5, 5.41) is 6.41. The number of nitrogens with zero attached hydrogens (tertiary/aromatic N) is 1. The fourth-order valence-corrected chi connectivity index (χ4v) is 7.52. The summed E-state index contributed by atoms with van der Waals surface area (Å²) in [6, 6.07) is 6.86. The third-order valence-corrected chi connectivity index (χ3v) is 9.46. The van der Waals surface area contributed by atoms with Crippen molar-refractivity contribution >= 4 is 23.0 Å². The number of hydrogen-bond acceptors (Lipinski definition) is 8. The fraction of sp³-hybridized carbons (Fsp3) is 0.667. The van der Waals surface area contributed by atoms with Crippen molar-refractivity contribution in [3.05, 3.63) is 45.4 Å². The molecule has 6 atom stereocenters. The first kappa shape index (κ1) is 26.2. The number of thiazole rings is 1. The van der Waals surface area contributed by atoms with Gasteiger partial charge in [0.2, 0.25) is 0 Å². The number of rotatable bonds is 8. The smallest absolute Gasteiger partial charge is 0.358 e. The maximum absolute atomic E-state index is 12.3. The molecule has 2 aliphatic heterocycles. The van der Waals surface area contributed by atoms with Gasteiger partial charge in [0.05, 0.1) is 18.3 Å². The molecule has 0 spiro atoms. The molecule has 1 saturated carbocycles. The predicted molar refractivity (Wildman–Crippen MR) is 147 cm³/mol. The molecule has 1 unspecified atom stereocenters. The van der Waals surface area contributed by atoms with Gasteiger partial charge in [-0.1, -0.05) is 6.07 Å². The summed E-state index contributed by atoms with van der Waals surface area (Å²) in [5.41, 5.74) is 4.58. The highest BCUT2D eigenvalue weighted by molar-refractivity contribution is 7.09. The Bertz CT molecular complexity index is 1110. The van der Waals surface area contributed by atoms with Gasteiger partial charge >= 0.3 is 5.97 Å². The molecule has 1 aromatic carbocycles. The first-order chi connectivity index (χ1) is 18.5. The average Bonchev–Trinajstić information content (AvgIpc) is 3.65. The monoisotopic (exact) mass is 540 g/mol. The molecule has 2 saturated heterocycles. The van der Waals surface area contributed by atoms with E-state index in [0.717, 1.165) is 56.7 Å². The van der Waals surface area contributed by atoms with E-state index in [9.17, 15) is 4.79 Å². The third-order valence-electron chi connectivity index (χ3n) is 8.53. The number of carbonyl (C=O) groups excluding carboxylic acids is 1. The Kier molecular flexibility index (Phi) is 8.02. The van der Waals surface area contributed by atoms with Crippen LogP contribution >= 0.6 is 11.3 Å². The first-order valence-corrected chi connectivity index (χ1v) is 15.4. The maximum Gasteiger partial charge on any atom is 0.358 e. The van der Waals surface area contributed by atoms with Gasteiger partial charge in [-0.15, -0.1) is 11.3 Å². The molecule has 38 heavy (non-hydrogen) atoms. The molecule has 0 radical (unpaired) electrons. The zero-order valence-electron chi connectivity index (χ0n) is 22.5. The van der Waals surface area contributed by atoms with Crippen LogP contribution in [0.15, 0.2) is 23.6 Å². The van der Waals surface area contributed by atoms with Crippen molar-refractivity contribution in [3.8, 4) is 0 Å². The van der Waals surface area contributed by atoms with E-state index < -0.39 is 0 Å². The molecule has 0 bridgehead atoms. The summed E-state index contributed by atoms with van der Waals surface area (Å²) < 4.78 is 24.6. The van der Waals surface area contributed by atoms with Crippen LogP contribution in [0.4, 0.5) is 5.69 Å². The van der Waals surface area contributed by atoms with Crippen LogP contribution in [0.5, 0.6) is 0 Å². The number of nitrogens with one attached hydrogen (secondary N) is 1. The van der Waals surface area contributed by atoms with Gasteiger partial charge in [-0.05, 0) is 94.4 Å². The predicted octanol–water partition coefficient (Wildman–Crippen LogP) is 6.08. The second kappa shape index (κ2) is 11.6. The maximum atomic E-state index is 12.3. The molecule has 3 fully saturated rings. The molecule has 6 rings (SSSR count). The van der Waals surface area contributed by atoms with Gasteiger partial charge in [-0.3, -0.25) is 0 Å². The minimum atomic E-state index is -0.365. The molecule has 1 N–H and O–H groups in total. The third kappa shape index (κ3) is 5.79. The average molecular weight is 541 g/mol. The minimum Gasteiger partial charge on any atom is -0.458 e. The molecule has 3 heterocycles. The van der Waals surface area contributed by atoms with E-state index in [1.54, 1.807) is 5.38 Å². The van der Waals surface area contributed by atoms with E-state index in [0.29, 0.717) is 17.5 Å². The number of hydrogen-bond donors (Lipinski definition) is 1. The fourth-order valence-electron chi connectivity index (χ4n) is 6.66. The molecule has 7 nitrogen and oxygen atoms in total. The Morgan fingerprint density at radius 1 is 1.16 bits per heavy atom. The summed E-state index contributed by atoms with van der Waals surface area (Å²) in [7, 11) is 0. The summed E-state index contributed by atoms with van der Waals surface area (Å²) in [6.45, 7) is 5.35. The lowest BCUT2D eigenvalue weighted by Crippen LogP contribution is -2.36. The van der Waals surface area contributed by atoms with Crippen LogP contribution in [-0.2, 0) is 31.8 Å². The molecule has 1 aromatic heterocycles. The van der Waals surface area contributed by atoms with E-state index in [1.807, 2.05) is 13.8 Å². The van der Waals surface area contributed by atoms with Crippen molar-refractivity contribution in [2.45, 2.75) is 102 Å². The Hall–Kier alpha value is -2.00. The van der Waals surface area contributed by atoms with Crippen LogP contribution in [0.3, 0.4) is 0 Å². The van der Waals surface area contributed by atoms with Gasteiger partial charge in [0.15, 0.2) is 12.0 Å². The van der Waals surface area contributed by atoms with Crippen molar-refractivity contribution in [1.82, 2.24) is 4.98 Å². The van der Waals surface area contributed by atoms with Crippen LogP contribution in [0.2, 0.25) is 0 Å². The highest BCUT2D eigenvalue weighted by atomic mass is 32.1. The van der Waals surface area contributed by atoms with Crippen molar-refractivity contribution in [3.63, 3.8) is 0 Å². The van der Waals surface area contributed by atoms with E-state index in [2.05, 4.69) is 28.5 Å². The van der Waals surface area contributed by atoms with Gasteiger partial charge in [0.1, 0.15) is 11.1 Å². The molecule has 0 amide bonds. The zero-order valence-corrected chi connectivity index (χ0v) is 23.3. The largest absolute Gasteiger partial charge is 0.458 e. The Morgan fingerprint density at radius 2 is 2.05 bits per heavy atom. The van der Waals surface area contributed by atoms with Gasteiger partial charge < -0.3 is 24.3 Å². The minimum absolute atomic E-state index is 0.0862. The number of carbonyl (C=O) groups is 1. The van der Waals surface area contributed by atoms with E-state index in [-0.39, 0.29) is 36.7 Å². The standard InChI is InChI=1S/C30H40N2O5S/c1-18(2)35-30(33)24-17-38-29(32-24)25-12-11-22-23(16-31-21-10-9-19-6-5-7-20(19)14-21)27(15-26(22)36-25)37-28-8-3-4-13-34-28/h9-10,14,17-18,22-23,25-28,31H,3-8,11-13,15-16H2,1-2H3/t22-,23-,25-,26+,27-,28?/m1/s1. The van der Waals surface area contributed by atoms with E-state index in [4.69, 9.17) is 18.9 Å². The lowest BCUT2D eigenvalue weighted by Gasteiger charge is -2.34. The second-order valence-electron chi connectivity index (χ2n) is 11.5. The number of ether oxygens (including phenoxy) is 4. The molecule has 2 aliphatic carbocycles. The normalized spacial score (nSPS) is 30.7. The highest BCUT2D eigenvalue weighted by Crippen LogP contribution is 2.47. The van der Waals surface area contributed by atoms with Gasteiger partial charge in [-0.25, -0.2) is 9.78 Å². The first-order valence-electron chi connectivity index (χ1n) is 14.5. The van der Waals surface area contributed by atoms with Gasteiger partial charge in [-0.2, -0.15) is 0 Å². The number of aryl methyl sites for hydroxylation is 2. The molecule has 206 valence electrons.